The highest BCUT2D eigenvalue weighted by Gasteiger charge is 2.05. The van der Waals surface area contributed by atoms with E-state index in [4.69, 9.17) is 11.6 Å². The average Bonchev–Trinajstić information content (AvgIpc) is 1.84. The van der Waals surface area contributed by atoms with E-state index in [0.717, 1.165) is 0 Å². The molecule has 0 aliphatic rings. The Hall–Kier alpha value is -1.01. The summed E-state index contributed by atoms with van der Waals surface area (Å²) in [5.41, 5.74) is 1.43. The smallest absolute Gasteiger partial charge is 0.258 e. The van der Waals surface area contributed by atoms with Gasteiger partial charge in [0.1, 0.15) is 0 Å². The van der Waals surface area contributed by atoms with Gasteiger partial charge in [-0.25, -0.2) is 5.48 Å². The number of nitrogens with one attached hydrogen (secondary N) is 1. The Morgan fingerprint density at radius 1 is 2.00 bits per heavy atom. The van der Waals surface area contributed by atoms with Crippen LogP contribution in [0.15, 0.2) is 0 Å². The molecule has 0 aromatic heterocycles. The summed E-state index contributed by atoms with van der Waals surface area (Å²) >= 11 is 0. The number of terminal acetylenes is 1. The van der Waals surface area contributed by atoms with Crippen molar-refractivity contribution in [1.29, 1.82) is 0 Å². The Balaban J connectivity index is 3.68. The monoisotopic (exact) mass is 113 g/mol. The van der Waals surface area contributed by atoms with Crippen molar-refractivity contribution in [2.45, 2.75) is 6.92 Å². The molecule has 0 bridgehead atoms. The van der Waals surface area contributed by atoms with Gasteiger partial charge in [-0.05, 0) is 6.92 Å². The van der Waals surface area contributed by atoms with Crippen molar-refractivity contribution in [2.75, 3.05) is 0 Å². The second-order valence-electron chi connectivity index (χ2n) is 1.36. The number of carbonyl (C=O) groups is 1. The third kappa shape index (κ3) is 1.63. The lowest BCUT2D eigenvalue weighted by Crippen LogP contribution is -2.24. The fourth-order valence-corrected chi connectivity index (χ4v) is 0.173. The molecule has 0 aliphatic heterocycles. The number of carbonyl (C=O) groups excluding carboxylic acids is 1. The second-order valence-corrected chi connectivity index (χ2v) is 1.36. The van der Waals surface area contributed by atoms with Gasteiger partial charge in [0.2, 0.25) is 0 Å². The van der Waals surface area contributed by atoms with Crippen LogP contribution in [0.2, 0.25) is 0 Å². The minimum Gasteiger partial charge on any atom is -0.289 e. The molecule has 0 radical (unpaired) electrons. The Kier molecular flexibility index (Phi) is 2.67. The van der Waals surface area contributed by atoms with Crippen LogP contribution in [0.3, 0.4) is 0 Å². The first-order chi connectivity index (χ1) is 3.72. The van der Waals surface area contributed by atoms with E-state index in [-0.39, 0.29) is 0 Å². The Morgan fingerprint density at radius 3 is 2.62 bits per heavy atom. The van der Waals surface area contributed by atoms with Crippen molar-refractivity contribution < 1.29 is 10.0 Å². The van der Waals surface area contributed by atoms with Crippen LogP contribution in [0.1, 0.15) is 6.92 Å². The molecular formula is C5H7NO2. The summed E-state index contributed by atoms with van der Waals surface area (Å²) < 4.78 is 0. The number of amides is 1. The maximum Gasteiger partial charge on any atom is 0.258 e. The lowest BCUT2D eigenvalue weighted by molar-refractivity contribution is -0.131. The van der Waals surface area contributed by atoms with E-state index in [1.54, 1.807) is 0 Å². The van der Waals surface area contributed by atoms with Gasteiger partial charge in [0, 0.05) is 0 Å². The predicted octanol–water partition coefficient (Wildman–Crippen LogP) is -0.239. The summed E-state index contributed by atoms with van der Waals surface area (Å²) in [6.45, 7) is 1.52. The minimum absolute atomic E-state index is 0.549. The molecule has 3 heteroatoms. The van der Waals surface area contributed by atoms with Crippen molar-refractivity contribution in [3.8, 4) is 12.3 Å². The zero-order valence-corrected chi connectivity index (χ0v) is 4.51. The highest BCUT2D eigenvalue weighted by molar-refractivity contribution is 5.79. The van der Waals surface area contributed by atoms with Crippen molar-refractivity contribution in [3.63, 3.8) is 0 Å². The van der Waals surface area contributed by atoms with Crippen molar-refractivity contribution in [2.24, 2.45) is 5.92 Å². The normalized spacial score (nSPS) is 11.6. The van der Waals surface area contributed by atoms with E-state index in [2.05, 4.69) is 5.92 Å². The van der Waals surface area contributed by atoms with E-state index in [9.17, 15) is 4.79 Å². The van der Waals surface area contributed by atoms with E-state index in [1.807, 2.05) is 0 Å². The molecule has 0 heterocycles. The topological polar surface area (TPSA) is 49.3 Å². The number of hydrogen-bond donors (Lipinski definition) is 2. The molecule has 0 saturated heterocycles. The van der Waals surface area contributed by atoms with Crippen LogP contribution in [-0.4, -0.2) is 11.1 Å². The van der Waals surface area contributed by atoms with Gasteiger partial charge in [-0.3, -0.25) is 10.0 Å². The van der Waals surface area contributed by atoms with Gasteiger partial charge in [-0.2, -0.15) is 0 Å². The highest BCUT2D eigenvalue weighted by Crippen LogP contribution is 1.87. The molecule has 0 spiro atoms. The number of hydroxylamine groups is 1. The molecule has 0 aromatic rings. The van der Waals surface area contributed by atoms with Gasteiger partial charge >= 0.3 is 0 Å². The Bertz CT molecular complexity index is 125. The SMILES string of the molecule is C#C[C@H](C)C(=O)NO. The molecular weight excluding hydrogens is 106 g/mol. The fraction of sp³-hybridized carbons (Fsp3) is 0.400. The largest absolute Gasteiger partial charge is 0.289 e. The molecule has 0 fully saturated rings. The lowest BCUT2D eigenvalue weighted by Gasteiger charge is -1.97. The second kappa shape index (κ2) is 3.05. The molecule has 1 atom stereocenters. The molecule has 0 unspecified atom stereocenters. The Labute approximate surface area is 47.7 Å². The van der Waals surface area contributed by atoms with Gasteiger partial charge < -0.3 is 0 Å². The summed E-state index contributed by atoms with van der Waals surface area (Å²) in [5, 5.41) is 7.94. The van der Waals surface area contributed by atoms with E-state index in [1.165, 1.54) is 12.4 Å². The first kappa shape index (κ1) is 6.99. The molecule has 0 aliphatic carbocycles. The van der Waals surface area contributed by atoms with Gasteiger partial charge in [-0.15, -0.1) is 6.42 Å². The summed E-state index contributed by atoms with van der Waals surface area (Å²) in [7, 11) is 0. The molecule has 44 valence electrons. The summed E-state index contributed by atoms with van der Waals surface area (Å²) in [5.74, 6) is 1.04. The predicted molar refractivity (Wildman–Crippen MR) is 27.9 cm³/mol. The zero-order valence-electron chi connectivity index (χ0n) is 4.51. The maximum atomic E-state index is 10.2. The molecule has 1 amide bonds. The van der Waals surface area contributed by atoms with Crippen molar-refractivity contribution in [3.05, 3.63) is 0 Å². The maximum absolute atomic E-state index is 10.2. The van der Waals surface area contributed by atoms with E-state index >= 15 is 0 Å². The van der Waals surface area contributed by atoms with Gasteiger partial charge in [0.25, 0.3) is 5.91 Å². The van der Waals surface area contributed by atoms with Gasteiger partial charge in [0.15, 0.2) is 0 Å². The molecule has 3 nitrogen and oxygen atoms in total. The third-order valence-corrected chi connectivity index (χ3v) is 0.753. The first-order valence-corrected chi connectivity index (χ1v) is 2.12. The number of rotatable bonds is 1. The third-order valence-electron chi connectivity index (χ3n) is 0.753. The highest BCUT2D eigenvalue weighted by atomic mass is 16.5. The van der Waals surface area contributed by atoms with Crippen LogP contribution in [0.4, 0.5) is 0 Å². The summed E-state index contributed by atoms with van der Waals surface area (Å²) in [6, 6.07) is 0. The van der Waals surface area contributed by atoms with Crippen LogP contribution in [0.5, 0.6) is 0 Å². The van der Waals surface area contributed by atoms with Crippen molar-refractivity contribution in [1.82, 2.24) is 5.48 Å². The van der Waals surface area contributed by atoms with Gasteiger partial charge in [-0.1, -0.05) is 5.92 Å². The lowest BCUT2D eigenvalue weighted by atomic mass is 10.2. The average molecular weight is 113 g/mol. The number of hydrogen-bond acceptors (Lipinski definition) is 2. The molecule has 2 N–H and O–H groups in total. The molecule has 0 aromatic carbocycles. The van der Waals surface area contributed by atoms with E-state index < -0.39 is 11.8 Å². The van der Waals surface area contributed by atoms with Crippen LogP contribution in [-0.2, 0) is 4.79 Å². The van der Waals surface area contributed by atoms with Crippen LogP contribution in [0, 0.1) is 18.3 Å². The van der Waals surface area contributed by atoms with Crippen LogP contribution < -0.4 is 5.48 Å². The Morgan fingerprint density at radius 2 is 2.50 bits per heavy atom. The van der Waals surface area contributed by atoms with Crippen molar-refractivity contribution >= 4 is 5.91 Å². The van der Waals surface area contributed by atoms with Crippen LogP contribution in [0.25, 0.3) is 0 Å². The standard InChI is InChI=1S/C5H7NO2/c1-3-4(2)5(7)6-8/h1,4,8H,2H3,(H,6,7)/t4-/m0/s1. The summed E-state index contributed by atoms with van der Waals surface area (Å²) in [4.78, 5) is 10.2. The molecule has 0 saturated carbocycles. The van der Waals surface area contributed by atoms with Gasteiger partial charge in [0.05, 0.1) is 5.92 Å². The van der Waals surface area contributed by atoms with Crippen LogP contribution >= 0.6 is 0 Å². The minimum atomic E-state index is -0.556. The quantitative estimate of drug-likeness (QED) is 0.280. The fourth-order valence-electron chi connectivity index (χ4n) is 0.173. The first-order valence-electron chi connectivity index (χ1n) is 2.12. The zero-order chi connectivity index (χ0) is 6.57. The summed E-state index contributed by atoms with van der Waals surface area (Å²) in [6.07, 6.45) is 4.83. The molecule has 8 heavy (non-hydrogen) atoms. The van der Waals surface area contributed by atoms with E-state index in [0.29, 0.717) is 0 Å². The molecule has 0 rings (SSSR count).